The monoisotopic (exact) mass is 469 g/mol. The van der Waals surface area contributed by atoms with Crippen molar-refractivity contribution in [2.45, 2.75) is 12.5 Å². The molecule has 0 amide bonds. The van der Waals surface area contributed by atoms with E-state index in [1.165, 1.54) is 0 Å². The first kappa shape index (κ1) is 15.6. The molecule has 2 aromatic rings. The SMILES string of the molecule is NC(Cc1c(Cl)cccc1Cl)c1cc(Br)ccc1I. The lowest BCUT2D eigenvalue weighted by Crippen LogP contribution is -2.15. The molecular formula is C14H11BrCl2IN. The van der Waals surface area contributed by atoms with Crippen LogP contribution in [0, 0.1) is 3.57 Å². The summed E-state index contributed by atoms with van der Waals surface area (Å²) < 4.78 is 2.15. The minimum Gasteiger partial charge on any atom is -0.324 e. The predicted octanol–water partition coefficient (Wildman–Crippen LogP) is 5.60. The van der Waals surface area contributed by atoms with Gasteiger partial charge in [-0.3, -0.25) is 0 Å². The maximum Gasteiger partial charge on any atom is 0.0453 e. The largest absolute Gasteiger partial charge is 0.324 e. The molecule has 0 saturated carbocycles. The van der Waals surface area contributed by atoms with Crippen LogP contribution < -0.4 is 5.73 Å². The lowest BCUT2D eigenvalue weighted by atomic mass is 10.00. The zero-order chi connectivity index (χ0) is 14.0. The zero-order valence-electron chi connectivity index (χ0n) is 9.84. The van der Waals surface area contributed by atoms with Crippen LogP contribution >= 0.6 is 61.7 Å². The van der Waals surface area contributed by atoms with Gasteiger partial charge in [0.1, 0.15) is 0 Å². The summed E-state index contributed by atoms with van der Waals surface area (Å²) >= 11 is 18.1. The third-order valence-electron chi connectivity index (χ3n) is 2.84. The van der Waals surface area contributed by atoms with Gasteiger partial charge in [-0.25, -0.2) is 0 Å². The molecular weight excluding hydrogens is 460 g/mol. The standard InChI is InChI=1S/C14H11BrCl2IN/c15-8-4-5-13(18)10(6-8)14(19)7-9-11(16)2-1-3-12(9)17/h1-6,14H,7,19H2. The van der Waals surface area contributed by atoms with Crippen molar-refractivity contribution in [1.29, 1.82) is 0 Å². The summed E-state index contributed by atoms with van der Waals surface area (Å²) in [6.45, 7) is 0. The van der Waals surface area contributed by atoms with Gasteiger partial charge < -0.3 is 5.73 Å². The van der Waals surface area contributed by atoms with E-state index in [1.807, 2.05) is 36.4 Å². The molecule has 0 aliphatic carbocycles. The average Bonchev–Trinajstić information content (AvgIpc) is 2.37. The van der Waals surface area contributed by atoms with Gasteiger partial charge in [-0.15, -0.1) is 0 Å². The Balaban J connectivity index is 2.31. The fraction of sp³-hybridized carbons (Fsp3) is 0.143. The van der Waals surface area contributed by atoms with E-state index in [-0.39, 0.29) is 6.04 Å². The Morgan fingerprint density at radius 2 is 1.79 bits per heavy atom. The lowest BCUT2D eigenvalue weighted by Gasteiger charge is -2.16. The molecule has 1 atom stereocenters. The molecule has 0 bridgehead atoms. The van der Waals surface area contributed by atoms with Gasteiger partial charge in [0.15, 0.2) is 0 Å². The first-order valence-electron chi connectivity index (χ1n) is 5.62. The summed E-state index contributed by atoms with van der Waals surface area (Å²) in [6, 6.07) is 11.4. The van der Waals surface area contributed by atoms with E-state index in [1.54, 1.807) is 0 Å². The summed E-state index contributed by atoms with van der Waals surface area (Å²) in [5, 5.41) is 1.32. The van der Waals surface area contributed by atoms with Crippen molar-refractivity contribution in [3.05, 3.63) is 65.6 Å². The Morgan fingerprint density at radius 1 is 1.16 bits per heavy atom. The second-order valence-electron chi connectivity index (χ2n) is 4.18. The van der Waals surface area contributed by atoms with Crippen LogP contribution in [0.15, 0.2) is 40.9 Å². The normalized spacial score (nSPS) is 12.5. The predicted molar refractivity (Wildman–Crippen MR) is 94.0 cm³/mol. The van der Waals surface area contributed by atoms with Crippen molar-refractivity contribution < 1.29 is 0 Å². The number of rotatable bonds is 3. The summed E-state index contributed by atoms with van der Waals surface area (Å²) in [7, 11) is 0. The summed E-state index contributed by atoms with van der Waals surface area (Å²) in [5.41, 5.74) is 8.28. The van der Waals surface area contributed by atoms with E-state index in [4.69, 9.17) is 28.9 Å². The van der Waals surface area contributed by atoms with E-state index in [9.17, 15) is 0 Å². The van der Waals surface area contributed by atoms with Crippen molar-refractivity contribution >= 4 is 61.7 Å². The smallest absolute Gasteiger partial charge is 0.0453 e. The molecule has 0 spiro atoms. The van der Waals surface area contributed by atoms with Gasteiger partial charge >= 0.3 is 0 Å². The van der Waals surface area contributed by atoms with Crippen molar-refractivity contribution in [2.24, 2.45) is 5.73 Å². The zero-order valence-corrected chi connectivity index (χ0v) is 15.1. The molecule has 0 radical (unpaired) electrons. The van der Waals surface area contributed by atoms with Crippen LogP contribution in [0.5, 0.6) is 0 Å². The van der Waals surface area contributed by atoms with E-state index in [2.05, 4.69) is 38.5 Å². The Kier molecular flexibility index (Phi) is 5.55. The highest BCUT2D eigenvalue weighted by Gasteiger charge is 2.15. The quantitative estimate of drug-likeness (QED) is 0.580. The molecule has 19 heavy (non-hydrogen) atoms. The molecule has 100 valence electrons. The van der Waals surface area contributed by atoms with Crippen LogP contribution in [0.3, 0.4) is 0 Å². The molecule has 0 aromatic heterocycles. The maximum absolute atomic E-state index is 6.29. The van der Waals surface area contributed by atoms with Crippen LogP contribution in [0.2, 0.25) is 10.0 Å². The van der Waals surface area contributed by atoms with Gasteiger partial charge in [0.05, 0.1) is 0 Å². The molecule has 5 heteroatoms. The van der Waals surface area contributed by atoms with Gasteiger partial charge in [0, 0.05) is 24.1 Å². The van der Waals surface area contributed by atoms with Gasteiger partial charge in [-0.1, -0.05) is 45.2 Å². The maximum atomic E-state index is 6.29. The highest BCUT2D eigenvalue weighted by atomic mass is 127. The average molecular weight is 471 g/mol. The van der Waals surface area contributed by atoms with E-state index >= 15 is 0 Å². The summed E-state index contributed by atoms with van der Waals surface area (Å²) in [4.78, 5) is 0. The highest BCUT2D eigenvalue weighted by Crippen LogP contribution is 2.30. The van der Waals surface area contributed by atoms with Crippen molar-refractivity contribution in [3.8, 4) is 0 Å². The topological polar surface area (TPSA) is 26.0 Å². The third-order valence-corrected chi connectivity index (χ3v) is 5.03. The second kappa shape index (κ2) is 6.76. The second-order valence-corrected chi connectivity index (χ2v) is 7.07. The van der Waals surface area contributed by atoms with Crippen molar-refractivity contribution in [1.82, 2.24) is 0 Å². The van der Waals surface area contributed by atoms with E-state index in [0.29, 0.717) is 16.5 Å². The molecule has 0 aliphatic rings. The van der Waals surface area contributed by atoms with Gasteiger partial charge in [0.25, 0.3) is 0 Å². The van der Waals surface area contributed by atoms with E-state index < -0.39 is 0 Å². The molecule has 1 unspecified atom stereocenters. The number of benzene rings is 2. The molecule has 2 N–H and O–H groups in total. The number of hydrogen-bond acceptors (Lipinski definition) is 1. The molecule has 0 fully saturated rings. The molecule has 1 nitrogen and oxygen atoms in total. The van der Waals surface area contributed by atoms with Crippen LogP contribution in [-0.2, 0) is 6.42 Å². The fourth-order valence-electron chi connectivity index (χ4n) is 1.86. The van der Waals surface area contributed by atoms with Crippen molar-refractivity contribution in [2.75, 3.05) is 0 Å². The molecule has 2 aromatic carbocycles. The van der Waals surface area contributed by atoms with Crippen LogP contribution in [0.1, 0.15) is 17.2 Å². The number of hydrogen-bond donors (Lipinski definition) is 1. The first-order valence-corrected chi connectivity index (χ1v) is 8.25. The summed E-state index contributed by atoms with van der Waals surface area (Å²) in [5.74, 6) is 0. The highest BCUT2D eigenvalue weighted by molar-refractivity contribution is 14.1. The Bertz CT molecular complexity index is 584. The van der Waals surface area contributed by atoms with Crippen LogP contribution in [0.25, 0.3) is 0 Å². The van der Waals surface area contributed by atoms with Gasteiger partial charge in [-0.05, 0) is 70.5 Å². The first-order chi connectivity index (χ1) is 8.99. The van der Waals surface area contributed by atoms with Crippen LogP contribution in [-0.4, -0.2) is 0 Å². The van der Waals surface area contributed by atoms with Gasteiger partial charge in [0.2, 0.25) is 0 Å². The van der Waals surface area contributed by atoms with Gasteiger partial charge in [-0.2, -0.15) is 0 Å². The minimum absolute atomic E-state index is 0.137. The Hall–Kier alpha value is 0.190. The third kappa shape index (κ3) is 3.85. The van der Waals surface area contributed by atoms with Crippen LogP contribution in [0.4, 0.5) is 0 Å². The molecule has 0 heterocycles. The number of nitrogens with two attached hydrogens (primary N) is 1. The number of halogens is 4. The lowest BCUT2D eigenvalue weighted by molar-refractivity contribution is 0.718. The molecule has 0 aliphatic heterocycles. The Labute approximate surface area is 144 Å². The fourth-order valence-corrected chi connectivity index (χ4v) is 3.52. The molecule has 0 saturated heterocycles. The van der Waals surface area contributed by atoms with Crippen molar-refractivity contribution in [3.63, 3.8) is 0 Å². The molecule has 2 rings (SSSR count). The minimum atomic E-state index is -0.137. The Morgan fingerprint density at radius 3 is 2.42 bits per heavy atom. The van der Waals surface area contributed by atoms with E-state index in [0.717, 1.165) is 19.2 Å². The summed E-state index contributed by atoms with van der Waals surface area (Å²) in [6.07, 6.45) is 0.616.